The lowest BCUT2D eigenvalue weighted by atomic mass is 10.2. The molecule has 3 heterocycles. The minimum Gasteiger partial charge on any atom is -0.399 e. The van der Waals surface area contributed by atoms with Gasteiger partial charge in [0.05, 0.1) is 11.4 Å². The zero-order valence-corrected chi connectivity index (χ0v) is 19.4. The second-order valence-electron chi connectivity index (χ2n) is 7.90. The highest BCUT2D eigenvalue weighted by Crippen LogP contribution is 2.39. The predicted molar refractivity (Wildman–Crippen MR) is 143 cm³/mol. The van der Waals surface area contributed by atoms with E-state index >= 15 is 0 Å². The first-order valence-electron chi connectivity index (χ1n) is 11.1. The van der Waals surface area contributed by atoms with Crippen molar-refractivity contribution in [3.8, 4) is 0 Å². The van der Waals surface area contributed by atoms with Crippen LogP contribution in [0.2, 0.25) is 0 Å². The van der Waals surface area contributed by atoms with E-state index in [-0.39, 0.29) is 0 Å². The first-order chi connectivity index (χ1) is 17.2. The average Bonchev–Trinajstić information content (AvgIpc) is 2.98. The third-order valence-corrected chi connectivity index (χ3v) is 6.44. The van der Waals surface area contributed by atoms with E-state index in [1.54, 1.807) is 0 Å². The Balaban J connectivity index is 1.46. The van der Waals surface area contributed by atoms with E-state index in [1.165, 1.54) is 11.9 Å². The highest BCUT2D eigenvalue weighted by Gasteiger charge is 2.22. The molecule has 0 fully saturated rings. The van der Waals surface area contributed by atoms with Crippen molar-refractivity contribution in [1.29, 1.82) is 0 Å². The lowest BCUT2D eigenvalue weighted by molar-refractivity contribution is 0.900. The first kappa shape index (κ1) is 21.0. The molecule has 1 aromatic heterocycles. The molecule has 7 nitrogen and oxygen atoms in total. The van der Waals surface area contributed by atoms with Gasteiger partial charge in [-0.2, -0.15) is 15.0 Å². The molecular weight excluding hydrogens is 454 g/mol. The van der Waals surface area contributed by atoms with E-state index in [9.17, 15) is 0 Å². The SMILES string of the molecule is Nc1ccc(N(Sc2nc3nc(n2)N(c2ccccc2)c2ccc(cc2)N3)c2ccccc2)cc1. The van der Waals surface area contributed by atoms with Crippen LogP contribution in [0.5, 0.6) is 0 Å². The fraction of sp³-hybridized carbons (Fsp3) is 0. The molecule has 2 aliphatic rings. The van der Waals surface area contributed by atoms with E-state index in [0.717, 1.165) is 28.4 Å². The Morgan fingerprint density at radius 2 is 1.29 bits per heavy atom. The van der Waals surface area contributed by atoms with Crippen LogP contribution in [0.4, 0.5) is 46.0 Å². The second kappa shape index (κ2) is 9.00. The number of hydrogen-bond donors (Lipinski definition) is 2. The van der Waals surface area contributed by atoms with E-state index < -0.39 is 0 Å². The van der Waals surface area contributed by atoms with Crippen molar-refractivity contribution < 1.29 is 0 Å². The molecule has 5 aromatic rings. The van der Waals surface area contributed by atoms with Gasteiger partial charge < -0.3 is 11.1 Å². The van der Waals surface area contributed by atoms with Gasteiger partial charge in [-0.1, -0.05) is 36.4 Å². The Hall–Kier alpha value is -4.56. The maximum Gasteiger partial charge on any atom is 0.240 e. The number of benzene rings is 4. The maximum absolute atomic E-state index is 5.94. The average molecular weight is 476 g/mol. The summed E-state index contributed by atoms with van der Waals surface area (Å²) in [5, 5.41) is 3.87. The molecule has 35 heavy (non-hydrogen) atoms. The molecule has 3 N–H and O–H groups in total. The van der Waals surface area contributed by atoms with Crippen molar-refractivity contribution in [2.24, 2.45) is 0 Å². The van der Waals surface area contributed by atoms with Crippen LogP contribution in [0.1, 0.15) is 0 Å². The molecule has 0 atom stereocenters. The molecular formula is C27H21N7S. The summed E-state index contributed by atoms with van der Waals surface area (Å²) < 4.78 is 2.08. The molecule has 0 aliphatic carbocycles. The van der Waals surface area contributed by atoms with Gasteiger partial charge in [0.2, 0.25) is 17.1 Å². The zero-order chi connectivity index (χ0) is 23.6. The summed E-state index contributed by atoms with van der Waals surface area (Å²) in [5.74, 6) is 1.02. The summed E-state index contributed by atoms with van der Waals surface area (Å²) in [5.41, 5.74) is 11.5. The molecule has 2 aliphatic heterocycles. The molecule has 4 bridgehead atoms. The summed E-state index contributed by atoms with van der Waals surface area (Å²) in [6.45, 7) is 0. The fourth-order valence-electron chi connectivity index (χ4n) is 3.83. The summed E-state index contributed by atoms with van der Waals surface area (Å²) in [6.07, 6.45) is 0. The lowest BCUT2D eigenvalue weighted by Crippen LogP contribution is -2.15. The van der Waals surface area contributed by atoms with Gasteiger partial charge in [0.25, 0.3) is 0 Å². The van der Waals surface area contributed by atoms with Crippen LogP contribution >= 0.6 is 11.9 Å². The van der Waals surface area contributed by atoms with Crippen LogP contribution < -0.4 is 20.3 Å². The molecule has 0 radical (unpaired) electrons. The van der Waals surface area contributed by atoms with Crippen LogP contribution in [0.3, 0.4) is 0 Å². The van der Waals surface area contributed by atoms with Crippen molar-refractivity contribution in [2.75, 3.05) is 20.3 Å². The number of nitrogen functional groups attached to an aromatic ring is 1. The van der Waals surface area contributed by atoms with E-state index in [1.807, 2.05) is 102 Å². The van der Waals surface area contributed by atoms with Crippen LogP contribution in [0.25, 0.3) is 0 Å². The van der Waals surface area contributed by atoms with Crippen molar-refractivity contribution in [2.45, 2.75) is 5.16 Å². The second-order valence-corrected chi connectivity index (χ2v) is 8.81. The van der Waals surface area contributed by atoms with Crippen molar-refractivity contribution in [1.82, 2.24) is 15.0 Å². The van der Waals surface area contributed by atoms with E-state index in [4.69, 9.17) is 20.7 Å². The van der Waals surface area contributed by atoms with Gasteiger partial charge in [0.15, 0.2) is 0 Å². The van der Waals surface area contributed by atoms with Gasteiger partial charge in [-0.05, 0) is 72.8 Å². The first-order valence-corrected chi connectivity index (χ1v) is 11.9. The number of hydrogen-bond acceptors (Lipinski definition) is 8. The summed E-state index contributed by atoms with van der Waals surface area (Å²) in [7, 11) is 0. The van der Waals surface area contributed by atoms with Gasteiger partial charge in [-0.3, -0.25) is 9.21 Å². The molecule has 170 valence electrons. The van der Waals surface area contributed by atoms with Gasteiger partial charge in [0.1, 0.15) is 0 Å². The normalized spacial score (nSPS) is 11.8. The highest BCUT2D eigenvalue weighted by atomic mass is 32.2. The molecule has 7 rings (SSSR count). The third kappa shape index (κ3) is 4.34. The number of aromatic nitrogens is 3. The van der Waals surface area contributed by atoms with Crippen molar-refractivity contribution in [3.05, 3.63) is 109 Å². The molecule has 8 heteroatoms. The van der Waals surface area contributed by atoms with Crippen LogP contribution in [-0.4, -0.2) is 15.0 Å². The quantitative estimate of drug-likeness (QED) is 0.207. The smallest absolute Gasteiger partial charge is 0.240 e. The predicted octanol–water partition coefficient (Wildman–Crippen LogP) is 6.83. The number of anilines is 8. The van der Waals surface area contributed by atoms with E-state index in [2.05, 4.69) is 21.8 Å². The number of nitrogens with zero attached hydrogens (tertiary/aromatic N) is 5. The maximum atomic E-state index is 5.94. The van der Waals surface area contributed by atoms with Crippen molar-refractivity contribution >= 4 is 58.0 Å². The molecule has 0 saturated heterocycles. The van der Waals surface area contributed by atoms with Gasteiger partial charge in [-0.15, -0.1) is 0 Å². The van der Waals surface area contributed by atoms with Gasteiger partial charge >= 0.3 is 0 Å². The Morgan fingerprint density at radius 1 is 0.657 bits per heavy atom. The Bertz CT molecular complexity index is 1440. The molecule has 0 unspecified atom stereocenters. The number of para-hydroxylation sites is 2. The summed E-state index contributed by atoms with van der Waals surface area (Å²) in [6, 6.07) is 36.1. The summed E-state index contributed by atoms with van der Waals surface area (Å²) in [4.78, 5) is 16.4. The highest BCUT2D eigenvalue weighted by molar-refractivity contribution is 8.00. The third-order valence-electron chi connectivity index (χ3n) is 5.49. The van der Waals surface area contributed by atoms with Gasteiger partial charge in [-0.25, -0.2) is 0 Å². The Morgan fingerprint density at radius 3 is 2.00 bits per heavy atom. The number of fused-ring (bicyclic) bond motifs is 2. The van der Waals surface area contributed by atoms with Crippen LogP contribution in [-0.2, 0) is 0 Å². The minimum atomic E-state index is 0.483. The molecule has 0 amide bonds. The largest absolute Gasteiger partial charge is 0.399 e. The Kier molecular flexibility index (Phi) is 5.40. The monoisotopic (exact) mass is 475 g/mol. The number of nitrogens with one attached hydrogen (secondary N) is 1. The minimum absolute atomic E-state index is 0.483. The molecule has 0 spiro atoms. The lowest BCUT2D eigenvalue weighted by Gasteiger charge is -2.25. The molecule has 0 saturated carbocycles. The standard InChI is InChI=1S/C27H21N7S/c28-19-11-15-24(16-12-19)34(23-9-5-2-6-10-23)35-27-31-25-29-20-13-17-22(18-14-20)33(26(30-25)32-27)21-7-3-1-4-8-21/h1-18H,28H2,(H,29,30,31,32). The van der Waals surface area contributed by atoms with E-state index in [0.29, 0.717) is 22.7 Å². The topological polar surface area (TPSA) is 83.2 Å². The van der Waals surface area contributed by atoms with Crippen LogP contribution in [0, 0.1) is 0 Å². The Labute approximate surface area is 207 Å². The number of rotatable bonds is 5. The van der Waals surface area contributed by atoms with Crippen LogP contribution in [0.15, 0.2) is 114 Å². The number of nitrogens with two attached hydrogens (primary N) is 1. The zero-order valence-electron chi connectivity index (χ0n) is 18.6. The molecule has 4 aromatic carbocycles. The fourth-order valence-corrected chi connectivity index (χ4v) is 4.70. The van der Waals surface area contributed by atoms with Gasteiger partial charge in [0, 0.05) is 34.7 Å². The summed E-state index contributed by atoms with van der Waals surface area (Å²) >= 11 is 1.43. The van der Waals surface area contributed by atoms with Crippen molar-refractivity contribution in [3.63, 3.8) is 0 Å².